The molecule has 178 valence electrons. The number of pyridine rings is 1. The molecule has 4 rings (SSSR count). The standard InChI is InChI=1S/C25H26ClN3O4S/c1-16-12-19(6-7-20(16)28-10-2-4-18(25(28)33)5-3-11-30)29-15-17(13-23(29)31)14-27-24(32)21-8-9-22(26)34-21/h2,4,6-10,12,17,30H,3,5,11,13-15H2,1H3,(H,27,32)/t17-/m0/s1. The van der Waals surface area contributed by atoms with Gasteiger partial charge in [0, 0.05) is 49.5 Å². The molecular formula is C25H26ClN3O4S. The molecular weight excluding hydrogens is 474 g/mol. The van der Waals surface area contributed by atoms with Crippen LogP contribution in [0.25, 0.3) is 5.69 Å². The summed E-state index contributed by atoms with van der Waals surface area (Å²) in [5, 5.41) is 12.0. The van der Waals surface area contributed by atoms with Crippen molar-refractivity contribution in [2.75, 3.05) is 24.6 Å². The molecule has 1 aromatic carbocycles. The lowest BCUT2D eigenvalue weighted by Gasteiger charge is -2.19. The van der Waals surface area contributed by atoms with Crippen LogP contribution < -0.4 is 15.8 Å². The summed E-state index contributed by atoms with van der Waals surface area (Å²) in [4.78, 5) is 40.1. The number of benzene rings is 1. The average molecular weight is 500 g/mol. The molecule has 9 heteroatoms. The highest BCUT2D eigenvalue weighted by Gasteiger charge is 2.31. The van der Waals surface area contributed by atoms with Gasteiger partial charge < -0.3 is 15.3 Å². The first-order valence-corrected chi connectivity index (χ1v) is 12.3. The minimum absolute atomic E-state index is 0.00809. The van der Waals surface area contributed by atoms with Crippen LogP contribution in [-0.2, 0) is 11.2 Å². The highest BCUT2D eigenvalue weighted by molar-refractivity contribution is 7.18. The molecule has 2 N–H and O–H groups in total. The molecule has 0 bridgehead atoms. The molecule has 0 saturated carbocycles. The van der Waals surface area contributed by atoms with E-state index in [2.05, 4.69) is 5.32 Å². The Hall–Kier alpha value is -2.94. The number of aromatic nitrogens is 1. The third-order valence-corrected chi connectivity index (χ3v) is 7.17. The van der Waals surface area contributed by atoms with Crippen molar-refractivity contribution in [3.05, 3.63) is 79.4 Å². The van der Waals surface area contributed by atoms with Crippen molar-refractivity contribution in [3.63, 3.8) is 0 Å². The molecule has 3 aromatic rings. The number of amides is 2. The van der Waals surface area contributed by atoms with Crippen LogP contribution in [0.3, 0.4) is 0 Å². The number of hydrogen-bond donors (Lipinski definition) is 2. The fourth-order valence-electron chi connectivity index (χ4n) is 4.19. The molecule has 34 heavy (non-hydrogen) atoms. The minimum atomic E-state index is -0.186. The van der Waals surface area contributed by atoms with E-state index in [1.807, 2.05) is 31.2 Å². The maximum Gasteiger partial charge on any atom is 0.261 e. The predicted molar refractivity (Wildman–Crippen MR) is 134 cm³/mol. The van der Waals surface area contributed by atoms with Gasteiger partial charge in [-0.15, -0.1) is 11.3 Å². The van der Waals surface area contributed by atoms with Gasteiger partial charge in [0.05, 0.1) is 14.9 Å². The van der Waals surface area contributed by atoms with E-state index in [1.165, 1.54) is 11.3 Å². The minimum Gasteiger partial charge on any atom is -0.396 e. The summed E-state index contributed by atoms with van der Waals surface area (Å²) in [5.74, 6) is -0.166. The van der Waals surface area contributed by atoms with E-state index in [0.29, 0.717) is 47.1 Å². The van der Waals surface area contributed by atoms with Gasteiger partial charge in [-0.2, -0.15) is 0 Å². The number of rotatable bonds is 8. The van der Waals surface area contributed by atoms with Gasteiger partial charge in [0.1, 0.15) is 0 Å². The Balaban J connectivity index is 1.45. The highest BCUT2D eigenvalue weighted by Crippen LogP contribution is 2.28. The number of hydrogen-bond acceptors (Lipinski definition) is 5. The monoisotopic (exact) mass is 499 g/mol. The molecule has 1 saturated heterocycles. The third-order valence-electron chi connectivity index (χ3n) is 5.94. The maximum absolute atomic E-state index is 12.9. The van der Waals surface area contributed by atoms with Gasteiger partial charge in [-0.25, -0.2) is 0 Å². The zero-order chi connectivity index (χ0) is 24.2. The number of nitrogens with one attached hydrogen (secondary N) is 1. The summed E-state index contributed by atoms with van der Waals surface area (Å²) in [6.45, 7) is 2.87. The Labute approximate surface area is 206 Å². The summed E-state index contributed by atoms with van der Waals surface area (Å²) >= 11 is 7.12. The molecule has 0 unspecified atom stereocenters. The smallest absolute Gasteiger partial charge is 0.261 e. The van der Waals surface area contributed by atoms with Crippen molar-refractivity contribution in [1.29, 1.82) is 0 Å². The van der Waals surface area contributed by atoms with Crippen LogP contribution in [0.5, 0.6) is 0 Å². The quantitative estimate of drug-likeness (QED) is 0.495. The number of aliphatic hydroxyl groups excluding tert-OH is 1. The first kappa shape index (κ1) is 24.2. The zero-order valence-corrected chi connectivity index (χ0v) is 20.4. The van der Waals surface area contributed by atoms with E-state index >= 15 is 0 Å². The Morgan fingerprint density at radius 3 is 2.76 bits per heavy atom. The number of aryl methyl sites for hydroxylation is 2. The van der Waals surface area contributed by atoms with Crippen LogP contribution in [-0.4, -0.2) is 41.2 Å². The summed E-state index contributed by atoms with van der Waals surface area (Å²) in [6, 6.07) is 12.6. The molecule has 1 aliphatic heterocycles. The number of carbonyl (C=O) groups excluding carboxylic acids is 2. The fraction of sp³-hybridized carbons (Fsp3) is 0.320. The summed E-state index contributed by atoms with van der Waals surface area (Å²) in [6.07, 6.45) is 3.15. The lowest BCUT2D eigenvalue weighted by molar-refractivity contribution is -0.117. The topological polar surface area (TPSA) is 91.6 Å². The number of anilines is 1. The largest absolute Gasteiger partial charge is 0.396 e. The van der Waals surface area contributed by atoms with Crippen molar-refractivity contribution in [2.45, 2.75) is 26.2 Å². The summed E-state index contributed by atoms with van der Waals surface area (Å²) in [7, 11) is 0. The number of nitrogens with zero attached hydrogens (tertiary/aromatic N) is 2. The normalized spacial score (nSPS) is 15.7. The van der Waals surface area contributed by atoms with Crippen LogP contribution in [0, 0.1) is 12.8 Å². The second kappa shape index (κ2) is 10.5. The molecule has 1 fully saturated rings. The van der Waals surface area contributed by atoms with E-state index in [1.54, 1.807) is 33.9 Å². The number of carbonyl (C=O) groups is 2. The zero-order valence-electron chi connectivity index (χ0n) is 18.8. The van der Waals surface area contributed by atoms with Crippen LogP contribution in [0.2, 0.25) is 4.34 Å². The van der Waals surface area contributed by atoms with E-state index < -0.39 is 0 Å². The van der Waals surface area contributed by atoms with Crippen LogP contribution in [0.1, 0.15) is 33.6 Å². The van der Waals surface area contributed by atoms with Crippen LogP contribution >= 0.6 is 22.9 Å². The Bertz CT molecular complexity index is 1270. The van der Waals surface area contributed by atoms with Gasteiger partial charge >= 0.3 is 0 Å². The lowest BCUT2D eigenvalue weighted by atomic mass is 10.1. The predicted octanol–water partition coefficient (Wildman–Crippen LogP) is 3.57. The Morgan fingerprint density at radius 1 is 1.24 bits per heavy atom. The molecule has 1 aliphatic rings. The van der Waals surface area contributed by atoms with Crippen LogP contribution in [0.15, 0.2) is 53.5 Å². The van der Waals surface area contributed by atoms with Crippen molar-refractivity contribution in [1.82, 2.24) is 9.88 Å². The molecule has 3 heterocycles. The van der Waals surface area contributed by atoms with Gasteiger partial charge in [0.15, 0.2) is 0 Å². The van der Waals surface area contributed by atoms with E-state index in [0.717, 1.165) is 16.9 Å². The fourth-order valence-corrected chi connectivity index (χ4v) is 5.15. The van der Waals surface area contributed by atoms with Gasteiger partial charge in [-0.1, -0.05) is 17.7 Å². The summed E-state index contributed by atoms with van der Waals surface area (Å²) < 4.78 is 2.16. The van der Waals surface area contributed by atoms with Gasteiger partial charge in [-0.3, -0.25) is 19.0 Å². The maximum atomic E-state index is 12.9. The third kappa shape index (κ3) is 5.24. The molecule has 2 amide bonds. The van der Waals surface area contributed by atoms with Gasteiger partial charge in [0.25, 0.3) is 11.5 Å². The Morgan fingerprint density at radius 2 is 2.06 bits per heavy atom. The number of halogens is 1. The molecule has 2 aromatic heterocycles. The number of thiophene rings is 1. The average Bonchev–Trinajstić information content (AvgIpc) is 3.42. The van der Waals surface area contributed by atoms with E-state index in [4.69, 9.17) is 16.7 Å². The van der Waals surface area contributed by atoms with E-state index in [-0.39, 0.29) is 29.9 Å². The van der Waals surface area contributed by atoms with Crippen molar-refractivity contribution >= 4 is 40.4 Å². The van der Waals surface area contributed by atoms with Gasteiger partial charge in [0.2, 0.25) is 5.91 Å². The highest BCUT2D eigenvalue weighted by atomic mass is 35.5. The first-order valence-electron chi connectivity index (χ1n) is 11.1. The lowest BCUT2D eigenvalue weighted by Crippen LogP contribution is -2.31. The van der Waals surface area contributed by atoms with Crippen molar-refractivity contribution in [3.8, 4) is 5.69 Å². The molecule has 0 radical (unpaired) electrons. The second-order valence-corrected chi connectivity index (χ2v) is 10.1. The van der Waals surface area contributed by atoms with Crippen molar-refractivity contribution < 1.29 is 14.7 Å². The number of aliphatic hydroxyl groups is 1. The molecule has 0 spiro atoms. The second-order valence-electron chi connectivity index (χ2n) is 8.39. The molecule has 1 atom stereocenters. The van der Waals surface area contributed by atoms with Crippen molar-refractivity contribution in [2.24, 2.45) is 5.92 Å². The summed E-state index contributed by atoms with van der Waals surface area (Å²) in [5.41, 5.74) is 2.95. The Kier molecular flexibility index (Phi) is 7.50. The van der Waals surface area contributed by atoms with E-state index in [9.17, 15) is 14.4 Å². The first-order chi connectivity index (χ1) is 16.4. The molecule has 0 aliphatic carbocycles. The SMILES string of the molecule is Cc1cc(N2C[C@H](CNC(=O)c3ccc(Cl)s3)CC2=O)ccc1-n1cccc(CCCO)c1=O. The molecule has 7 nitrogen and oxygen atoms in total. The van der Waals surface area contributed by atoms with Gasteiger partial charge in [-0.05, 0) is 61.7 Å². The van der Waals surface area contributed by atoms with Crippen LogP contribution in [0.4, 0.5) is 5.69 Å².